The molecule has 1 amide bonds. The van der Waals surface area contributed by atoms with E-state index in [1.54, 1.807) is 17.7 Å². The molecule has 0 unspecified atom stereocenters. The van der Waals surface area contributed by atoms with E-state index in [-0.39, 0.29) is 40.5 Å². The highest BCUT2D eigenvalue weighted by atomic mass is 19.1. The molecule has 0 radical (unpaired) electrons. The molecule has 1 aromatic heterocycles. The van der Waals surface area contributed by atoms with Gasteiger partial charge < -0.3 is 30.7 Å². The number of ether oxygens (including phenoxy) is 2. The topological polar surface area (TPSA) is 212 Å². The summed E-state index contributed by atoms with van der Waals surface area (Å²) in [5, 5.41) is 20.9. The number of hydrogen-bond donors (Lipinski definition) is 4. The molecule has 2 aromatic carbocycles. The van der Waals surface area contributed by atoms with Crippen molar-refractivity contribution in [1.29, 1.82) is 0 Å². The number of carboxylic acid groups (broad SMARTS) is 2. The summed E-state index contributed by atoms with van der Waals surface area (Å²) in [6.45, 7) is 2.78. The normalized spacial score (nSPS) is 15.8. The van der Waals surface area contributed by atoms with Crippen molar-refractivity contribution in [2.75, 3.05) is 33.1 Å². The molecule has 6 rings (SSSR count). The van der Waals surface area contributed by atoms with Crippen LogP contribution in [0.5, 0.6) is 5.75 Å². The van der Waals surface area contributed by atoms with Crippen molar-refractivity contribution in [3.8, 4) is 5.75 Å². The van der Waals surface area contributed by atoms with E-state index < -0.39 is 19.1 Å². The van der Waals surface area contributed by atoms with Crippen molar-refractivity contribution in [2.24, 2.45) is 4.99 Å². The van der Waals surface area contributed by atoms with Crippen molar-refractivity contribution < 1.29 is 44.6 Å². The maximum atomic E-state index is 12.5. The van der Waals surface area contributed by atoms with E-state index in [4.69, 9.17) is 22.1 Å². The SMILES string of the molecule is COC1=NCCCCCC1.Nc1cc(C(=O)O)ccc1OC=O.O=C(O)c1ccc2c(=O)n3c(nc2c1)CCCCCC3.O=C1CCCCCCN1.[2H]CF. The summed E-state index contributed by atoms with van der Waals surface area (Å²) in [6, 6.07) is 8.37. The molecule has 0 bridgehead atoms. The quantitative estimate of drug-likeness (QED) is 0.170. The number of nitrogens with zero attached hydrogens (tertiary/aromatic N) is 3. The fraction of sp³-hybridized carbons (Fsp3) is 0.513. The monoisotopic (exact) mass is 756 g/mol. The van der Waals surface area contributed by atoms with Crippen LogP contribution in [0.25, 0.3) is 10.9 Å². The summed E-state index contributed by atoms with van der Waals surface area (Å²) >= 11 is 0. The lowest BCUT2D eigenvalue weighted by Crippen LogP contribution is -2.26. The Kier molecular flexibility index (Phi) is 20.4. The number of nitrogens with two attached hydrogens (primary N) is 1. The summed E-state index contributed by atoms with van der Waals surface area (Å²) in [5.74, 6) is 0.0315. The third-order valence-electron chi connectivity index (χ3n) is 8.72. The number of halogens is 1. The Bertz CT molecular complexity index is 1760. The number of carboxylic acids is 2. The highest BCUT2D eigenvalue weighted by Crippen LogP contribution is 2.22. The number of amides is 1. The van der Waals surface area contributed by atoms with Crippen LogP contribution in [0.15, 0.2) is 46.2 Å². The Balaban J connectivity index is 0.000000260. The lowest BCUT2D eigenvalue weighted by atomic mass is 10.1. The van der Waals surface area contributed by atoms with Crippen molar-refractivity contribution >= 4 is 46.8 Å². The number of hydrogen-bond acceptors (Lipinski definition) is 10. The Morgan fingerprint density at radius 2 is 1.50 bits per heavy atom. The molecule has 5 N–H and O–H groups in total. The molecule has 15 heteroatoms. The van der Waals surface area contributed by atoms with Gasteiger partial charge in [0.2, 0.25) is 5.91 Å². The minimum atomic E-state index is -1.08. The Morgan fingerprint density at radius 1 is 0.889 bits per heavy atom. The van der Waals surface area contributed by atoms with Crippen LogP contribution in [-0.2, 0) is 27.3 Å². The zero-order valence-corrected chi connectivity index (χ0v) is 31.0. The molecule has 0 saturated carbocycles. The Hall–Kier alpha value is -5.34. The number of aryl methyl sites for hydroxylation is 1. The number of nitrogens with one attached hydrogen (secondary N) is 1. The largest absolute Gasteiger partial charge is 0.484 e. The molecule has 3 aromatic rings. The minimum absolute atomic E-state index is 0.0516. The molecule has 54 heavy (non-hydrogen) atoms. The van der Waals surface area contributed by atoms with Gasteiger partial charge in [-0.1, -0.05) is 38.5 Å². The fourth-order valence-corrected chi connectivity index (χ4v) is 5.84. The van der Waals surface area contributed by atoms with Gasteiger partial charge in [0.1, 0.15) is 5.82 Å². The number of alkyl halides is 1. The third-order valence-corrected chi connectivity index (χ3v) is 8.72. The zero-order chi connectivity index (χ0) is 40.4. The van der Waals surface area contributed by atoms with Gasteiger partial charge in [-0.25, -0.2) is 14.6 Å². The minimum Gasteiger partial charge on any atom is -0.484 e. The standard InChI is InChI=1S/C15H16N2O3.C8H7NO4.C8H15NO.C7H13NO.CH3F/c18-14-11-7-6-10(15(19)20)9-12(11)16-13-5-3-1-2-4-8-17(13)14;9-6-3-5(8(11)12)1-2-7(6)13-4-10;1-10-8-6-4-2-3-5-7-9-8;9-7-5-3-1-2-4-6-8-7;1-2/h6-7,9H,1-5,8H2,(H,19,20);1-4H,9H2,(H,11,12);2-7H2,1H3;1-6H2,(H,8,9);1H3/i;;;;1D. The maximum Gasteiger partial charge on any atom is 0.335 e. The van der Waals surface area contributed by atoms with Crippen LogP contribution in [0.2, 0.25) is 0 Å². The van der Waals surface area contributed by atoms with Gasteiger partial charge in [-0.2, -0.15) is 0 Å². The average molecular weight is 757 g/mol. The summed E-state index contributed by atoms with van der Waals surface area (Å²) < 4.78 is 26.8. The fourth-order valence-electron chi connectivity index (χ4n) is 5.84. The molecular weight excluding hydrogens is 701 g/mol. The van der Waals surface area contributed by atoms with Gasteiger partial charge in [-0.3, -0.25) is 28.3 Å². The smallest absolute Gasteiger partial charge is 0.335 e. The molecular formula is C39H54FN5O9. The number of carbonyl (C=O) groups excluding carboxylic acids is 2. The van der Waals surface area contributed by atoms with Gasteiger partial charge in [-0.05, 0) is 74.9 Å². The molecule has 3 aliphatic rings. The second-order valence-corrected chi connectivity index (χ2v) is 12.6. The zero-order valence-electron chi connectivity index (χ0n) is 32.0. The molecule has 4 heterocycles. The second kappa shape index (κ2) is 25.6. The van der Waals surface area contributed by atoms with Crippen LogP contribution in [0.3, 0.4) is 0 Å². The highest BCUT2D eigenvalue weighted by Gasteiger charge is 2.14. The van der Waals surface area contributed by atoms with E-state index in [2.05, 4.69) is 20.0 Å². The molecule has 0 atom stereocenters. The number of aromatic nitrogens is 2. The number of aromatic carboxylic acids is 2. The number of nitrogen functional groups attached to an aromatic ring is 1. The van der Waals surface area contributed by atoms with Crippen LogP contribution >= 0.6 is 0 Å². The van der Waals surface area contributed by atoms with Gasteiger partial charge in [0.25, 0.3) is 12.0 Å². The number of anilines is 1. The van der Waals surface area contributed by atoms with Gasteiger partial charge in [0.15, 0.2) is 11.6 Å². The average Bonchev–Trinajstić information content (AvgIpc) is 3.12. The first-order valence-electron chi connectivity index (χ1n) is 19.0. The summed E-state index contributed by atoms with van der Waals surface area (Å²) in [4.78, 5) is 63.5. The van der Waals surface area contributed by atoms with E-state index in [9.17, 15) is 28.4 Å². The maximum absolute atomic E-state index is 12.5. The first-order chi connectivity index (χ1) is 26.6. The second-order valence-electron chi connectivity index (χ2n) is 12.6. The van der Waals surface area contributed by atoms with E-state index >= 15 is 0 Å². The van der Waals surface area contributed by atoms with Crippen molar-refractivity contribution in [2.45, 2.75) is 103 Å². The highest BCUT2D eigenvalue weighted by molar-refractivity contribution is 5.93. The Morgan fingerprint density at radius 3 is 2.17 bits per heavy atom. The van der Waals surface area contributed by atoms with Gasteiger partial charge in [0, 0.05) is 38.9 Å². The molecule has 0 spiro atoms. The predicted octanol–water partition coefficient (Wildman–Crippen LogP) is 6.36. The molecule has 14 nitrogen and oxygen atoms in total. The number of carbonyl (C=O) groups is 4. The van der Waals surface area contributed by atoms with E-state index in [0.717, 1.165) is 82.6 Å². The first-order valence-corrected chi connectivity index (χ1v) is 18.2. The number of aliphatic imine (C=N–C) groups is 1. The van der Waals surface area contributed by atoms with Crippen LogP contribution in [-0.4, -0.2) is 77.3 Å². The summed E-state index contributed by atoms with van der Waals surface area (Å²) in [7, 11) is 0.709. The molecule has 3 aliphatic heterocycles. The van der Waals surface area contributed by atoms with Crippen LogP contribution in [0, 0.1) is 0 Å². The third kappa shape index (κ3) is 15.7. The number of methoxy groups -OCH3 is 1. The Labute approximate surface area is 316 Å². The van der Waals surface area contributed by atoms with E-state index in [0.29, 0.717) is 17.4 Å². The van der Waals surface area contributed by atoms with Crippen LogP contribution in [0.4, 0.5) is 10.1 Å². The number of fused-ring (bicyclic) bond motifs is 2. The van der Waals surface area contributed by atoms with Crippen molar-refractivity contribution in [1.82, 2.24) is 14.9 Å². The molecule has 0 aliphatic carbocycles. The van der Waals surface area contributed by atoms with Gasteiger partial charge >= 0.3 is 11.9 Å². The van der Waals surface area contributed by atoms with Gasteiger partial charge in [0.05, 0.1) is 43.4 Å². The predicted molar refractivity (Wildman–Crippen MR) is 205 cm³/mol. The number of rotatable bonds is 4. The first kappa shape index (κ1) is 43.1. The summed E-state index contributed by atoms with van der Waals surface area (Å²) in [5.41, 5.74) is 6.17. The molecule has 1 saturated heterocycles. The van der Waals surface area contributed by atoms with Crippen molar-refractivity contribution in [3.05, 3.63) is 63.7 Å². The van der Waals surface area contributed by atoms with Gasteiger partial charge in [-0.15, -0.1) is 0 Å². The van der Waals surface area contributed by atoms with Crippen LogP contribution in [0.1, 0.15) is 118 Å². The lowest BCUT2D eigenvalue weighted by Gasteiger charge is -2.16. The van der Waals surface area contributed by atoms with E-state index in [1.165, 1.54) is 68.9 Å². The number of benzene rings is 2. The van der Waals surface area contributed by atoms with Crippen molar-refractivity contribution in [3.63, 3.8) is 0 Å². The van der Waals surface area contributed by atoms with E-state index in [1.807, 2.05) is 0 Å². The lowest BCUT2D eigenvalue weighted by molar-refractivity contribution is -0.122. The van der Waals surface area contributed by atoms with Crippen LogP contribution < -0.4 is 21.3 Å². The molecule has 1 fully saturated rings. The summed E-state index contributed by atoms with van der Waals surface area (Å²) in [6.07, 6.45) is 16.8. The molecule has 296 valence electrons.